The molecule has 5 heteroatoms. The minimum absolute atomic E-state index is 0.100. The highest BCUT2D eigenvalue weighted by atomic mass is 32.1. The number of ether oxygens (including phenoxy) is 2. The molecule has 0 radical (unpaired) electrons. The molecule has 0 unspecified atom stereocenters. The highest BCUT2D eigenvalue weighted by molar-refractivity contribution is 7.17. The molecular formula is C22H21NO3S. The van der Waals surface area contributed by atoms with Crippen LogP contribution in [0.4, 0.5) is 5.69 Å². The van der Waals surface area contributed by atoms with Gasteiger partial charge in [0.15, 0.2) is 0 Å². The van der Waals surface area contributed by atoms with Crippen LogP contribution in [0.1, 0.15) is 27.7 Å². The zero-order valence-corrected chi connectivity index (χ0v) is 16.2. The maximum atomic E-state index is 12.8. The van der Waals surface area contributed by atoms with E-state index in [1.165, 1.54) is 21.6 Å². The molecule has 0 fully saturated rings. The zero-order valence-electron chi connectivity index (χ0n) is 15.4. The van der Waals surface area contributed by atoms with E-state index in [0.29, 0.717) is 18.0 Å². The third-order valence-corrected chi connectivity index (χ3v) is 5.90. The number of fused-ring (bicyclic) bond motifs is 3. The number of thiophene rings is 1. The fourth-order valence-electron chi connectivity index (χ4n) is 3.38. The molecule has 0 saturated carbocycles. The van der Waals surface area contributed by atoms with Crippen molar-refractivity contribution >= 4 is 22.9 Å². The summed E-state index contributed by atoms with van der Waals surface area (Å²) in [5, 5.41) is 2.99. The monoisotopic (exact) mass is 379 g/mol. The Morgan fingerprint density at radius 1 is 1.11 bits per heavy atom. The van der Waals surface area contributed by atoms with Crippen LogP contribution in [0.3, 0.4) is 0 Å². The van der Waals surface area contributed by atoms with E-state index in [0.717, 1.165) is 23.5 Å². The first kappa shape index (κ1) is 17.6. The first-order chi connectivity index (χ1) is 13.2. The molecule has 138 valence electrons. The van der Waals surface area contributed by atoms with Gasteiger partial charge in [0.05, 0.1) is 24.3 Å². The fraction of sp³-hybridized carbons (Fsp3) is 0.227. The Balaban J connectivity index is 1.62. The number of hydrogen-bond donors (Lipinski definition) is 1. The molecule has 27 heavy (non-hydrogen) atoms. The Hall–Kier alpha value is -2.79. The summed E-state index contributed by atoms with van der Waals surface area (Å²) in [5.74, 6) is 1.46. The van der Waals surface area contributed by atoms with Gasteiger partial charge in [-0.1, -0.05) is 12.1 Å². The second-order valence-corrected chi connectivity index (χ2v) is 7.42. The number of amides is 1. The second-order valence-electron chi connectivity index (χ2n) is 6.37. The van der Waals surface area contributed by atoms with Gasteiger partial charge in [0, 0.05) is 4.88 Å². The van der Waals surface area contributed by atoms with Crippen molar-refractivity contribution in [3.63, 3.8) is 0 Å². The van der Waals surface area contributed by atoms with Crippen molar-refractivity contribution in [1.82, 2.24) is 0 Å². The van der Waals surface area contributed by atoms with Crippen molar-refractivity contribution in [2.45, 2.75) is 19.8 Å². The lowest BCUT2D eigenvalue weighted by atomic mass is 9.91. The molecule has 0 bridgehead atoms. The number of rotatable bonds is 5. The molecule has 2 aromatic carbocycles. The van der Waals surface area contributed by atoms with Crippen LogP contribution < -0.4 is 14.8 Å². The number of hydrogen-bond acceptors (Lipinski definition) is 4. The normalized spacial score (nSPS) is 12.1. The Morgan fingerprint density at radius 2 is 1.93 bits per heavy atom. The van der Waals surface area contributed by atoms with Crippen LogP contribution in [0.5, 0.6) is 11.5 Å². The molecule has 0 atom stereocenters. The smallest absolute Gasteiger partial charge is 0.265 e. The maximum Gasteiger partial charge on any atom is 0.265 e. The van der Waals surface area contributed by atoms with Gasteiger partial charge in [0.2, 0.25) is 0 Å². The molecular weight excluding hydrogens is 358 g/mol. The van der Waals surface area contributed by atoms with Gasteiger partial charge in [0.25, 0.3) is 5.91 Å². The standard InChI is InChI=1S/C22H21NO3S/c1-3-26-19-7-5-4-6-18(19)23-22(24)20-13-15-9-8-14-12-16(25-2)10-11-17(14)21(15)27-20/h4-7,10-13H,3,8-9H2,1-2H3,(H,23,24). The van der Waals surface area contributed by atoms with E-state index in [1.807, 2.05) is 43.3 Å². The molecule has 1 heterocycles. The number of anilines is 1. The van der Waals surface area contributed by atoms with Crippen LogP contribution in [-0.4, -0.2) is 19.6 Å². The second kappa shape index (κ2) is 7.45. The van der Waals surface area contributed by atoms with Gasteiger partial charge in [-0.15, -0.1) is 11.3 Å². The van der Waals surface area contributed by atoms with Crippen molar-refractivity contribution in [2.75, 3.05) is 19.0 Å². The summed E-state index contributed by atoms with van der Waals surface area (Å²) < 4.78 is 10.9. The molecule has 0 spiro atoms. The summed E-state index contributed by atoms with van der Waals surface area (Å²) in [5.41, 5.74) is 4.41. The Morgan fingerprint density at radius 3 is 2.74 bits per heavy atom. The minimum atomic E-state index is -0.100. The quantitative estimate of drug-likeness (QED) is 0.665. The molecule has 3 aromatic rings. The number of benzene rings is 2. The summed E-state index contributed by atoms with van der Waals surface area (Å²) in [6, 6.07) is 15.7. The first-order valence-corrected chi connectivity index (χ1v) is 9.84. The molecule has 1 amide bonds. The van der Waals surface area contributed by atoms with Crippen LogP contribution in [0.15, 0.2) is 48.5 Å². The van der Waals surface area contributed by atoms with Gasteiger partial charge in [-0.3, -0.25) is 4.79 Å². The minimum Gasteiger partial charge on any atom is -0.497 e. The summed E-state index contributed by atoms with van der Waals surface area (Å²) >= 11 is 1.54. The maximum absolute atomic E-state index is 12.8. The number of carbonyl (C=O) groups is 1. The lowest BCUT2D eigenvalue weighted by molar-refractivity contribution is 0.103. The van der Waals surface area contributed by atoms with E-state index >= 15 is 0 Å². The highest BCUT2D eigenvalue weighted by Gasteiger charge is 2.22. The van der Waals surface area contributed by atoms with Crippen LogP contribution in [0, 0.1) is 0 Å². The molecule has 1 aliphatic rings. The van der Waals surface area contributed by atoms with Gasteiger partial charge in [-0.2, -0.15) is 0 Å². The Kier molecular flexibility index (Phi) is 4.86. The molecule has 1 N–H and O–H groups in total. The first-order valence-electron chi connectivity index (χ1n) is 9.02. The van der Waals surface area contributed by atoms with Crippen molar-refractivity contribution in [3.05, 3.63) is 64.5 Å². The molecule has 4 rings (SSSR count). The van der Waals surface area contributed by atoms with Gasteiger partial charge in [-0.05, 0) is 72.9 Å². The molecule has 4 nitrogen and oxygen atoms in total. The van der Waals surface area contributed by atoms with Gasteiger partial charge in [0.1, 0.15) is 11.5 Å². The van der Waals surface area contributed by atoms with Crippen LogP contribution in [-0.2, 0) is 12.8 Å². The summed E-state index contributed by atoms with van der Waals surface area (Å²) in [6.45, 7) is 2.48. The predicted octanol–water partition coefficient (Wildman–Crippen LogP) is 5.17. The summed E-state index contributed by atoms with van der Waals surface area (Å²) in [7, 11) is 1.68. The van der Waals surface area contributed by atoms with E-state index in [4.69, 9.17) is 9.47 Å². The van der Waals surface area contributed by atoms with Crippen molar-refractivity contribution in [2.24, 2.45) is 0 Å². The average molecular weight is 379 g/mol. The van der Waals surface area contributed by atoms with Crippen LogP contribution in [0.25, 0.3) is 10.4 Å². The Labute approximate surface area is 162 Å². The van der Waals surface area contributed by atoms with E-state index in [2.05, 4.69) is 17.4 Å². The van der Waals surface area contributed by atoms with Gasteiger partial charge < -0.3 is 14.8 Å². The van der Waals surface area contributed by atoms with Gasteiger partial charge >= 0.3 is 0 Å². The fourth-order valence-corrected chi connectivity index (χ4v) is 4.55. The topological polar surface area (TPSA) is 47.6 Å². The lowest BCUT2D eigenvalue weighted by Crippen LogP contribution is -2.11. The van der Waals surface area contributed by atoms with E-state index in [9.17, 15) is 4.79 Å². The SMILES string of the molecule is CCOc1ccccc1NC(=O)c1cc2c(s1)-c1ccc(OC)cc1CC2. The summed E-state index contributed by atoms with van der Waals surface area (Å²) in [4.78, 5) is 14.7. The zero-order chi connectivity index (χ0) is 18.8. The molecule has 0 aliphatic heterocycles. The lowest BCUT2D eigenvalue weighted by Gasteiger charge is -2.16. The van der Waals surface area contributed by atoms with Crippen LogP contribution in [0.2, 0.25) is 0 Å². The largest absolute Gasteiger partial charge is 0.497 e. The van der Waals surface area contributed by atoms with E-state index in [1.54, 1.807) is 18.4 Å². The number of methoxy groups -OCH3 is 1. The molecule has 1 aromatic heterocycles. The van der Waals surface area contributed by atoms with Crippen molar-refractivity contribution in [1.29, 1.82) is 0 Å². The summed E-state index contributed by atoms with van der Waals surface area (Å²) in [6.07, 6.45) is 1.90. The number of aryl methyl sites for hydroxylation is 2. The third kappa shape index (κ3) is 3.43. The average Bonchev–Trinajstić information content (AvgIpc) is 3.14. The Bertz CT molecular complexity index is 993. The van der Waals surface area contributed by atoms with E-state index < -0.39 is 0 Å². The van der Waals surface area contributed by atoms with Gasteiger partial charge in [-0.25, -0.2) is 0 Å². The molecule has 0 saturated heterocycles. The van der Waals surface area contributed by atoms with E-state index in [-0.39, 0.29) is 5.91 Å². The van der Waals surface area contributed by atoms with Crippen molar-refractivity contribution in [3.8, 4) is 21.9 Å². The predicted molar refractivity (Wildman–Crippen MR) is 109 cm³/mol. The third-order valence-electron chi connectivity index (χ3n) is 4.69. The van der Waals surface area contributed by atoms with Crippen LogP contribution >= 0.6 is 11.3 Å². The van der Waals surface area contributed by atoms with Crippen molar-refractivity contribution < 1.29 is 14.3 Å². The highest BCUT2D eigenvalue weighted by Crippen LogP contribution is 2.41. The number of para-hydroxylation sites is 2. The molecule has 1 aliphatic carbocycles. The number of carbonyl (C=O) groups excluding carboxylic acids is 1. The number of nitrogens with one attached hydrogen (secondary N) is 1.